The molecule has 2 aromatic heterocycles. The molecule has 0 saturated carbocycles. The largest absolute Gasteiger partial charge is 0.439 e. The van der Waals surface area contributed by atoms with Crippen molar-refractivity contribution in [1.29, 1.82) is 0 Å². The summed E-state index contributed by atoms with van der Waals surface area (Å²) in [5.74, 6) is 1.39. The third-order valence-electron chi connectivity index (χ3n) is 5.02. The van der Waals surface area contributed by atoms with Crippen molar-refractivity contribution in [3.63, 3.8) is 0 Å². The lowest BCUT2D eigenvalue weighted by atomic mass is 9.92. The minimum Gasteiger partial charge on any atom is -0.439 e. The Morgan fingerprint density at radius 3 is 2.51 bits per heavy atom. The fourth-order valence-electron chi connectivity index (χ4n) is 3.19. The van der Waals surface area contributed by atoms with Gasteiger partial charge in [-0.05, 0) is 41.9 Å². The van der Waals surface area contributed by atoms with E-state index in [1.807, 2.05) is 36.4 Å². The molecule has 0 aliphatic rings. The van der Waals surface area contributed by atoms with Crippen molar-refractivity contribution in [3.05, 3.63) is 88.4 Å². The van der Waals surface area contributed by atoms with Gasteiger partial charge in [0.05, 0.1) is 11.4 Å². The van der Waals surface area contributed by atoms with Crippen LogP contribution in [0.5, 0.6) is 11.6 Å². The summed E-state index contributed by atoms with van der Waals surface area (Å²) in [6.45, 7) is 6.41. The van der Waals surface area contributed by atoms with Crippen LogP contribution in [-0.2, 0) is 12.0 Å². The molecule has 180 valence electrons. The van der Waals surface area contributed by atoms with Crippen molar-refractivity contribution in [2.75, 3.05) is 5.32 Å². The molecule has 4 rings (SSSR count). The van der Waals surface area contributed by atoms with E-state index in [2.05, 4.69) is 41.4 Å². The Hall–Kier alpha value is -3.62. The van der Waals surface area contributed by atoms with Gasteiger partial charge in [0.1, 0.15) is 11.6 Å². The van der Waals surface area contributed by atoms with E-state index in [-0.39, 0.29) is 23.3 Å². The Bertz CT molecular complexity index is 1330. The van der Waals surface area contributed by atoms with Gasteiger partial charge in [-0.15, -0.1) is 0 Å². The first-order chi connectivity index (χ1) is 16.7. The van der Waals surface area contributed by atoms with E-state index in [4.69, 9.17) is 33.0 Å². The van der Waals surface area contributed by atoms with Gasteiger partial charge in [-0.2, -0.15) is 10.1 Å². The van der Waals surface area contributed by atoms with Gasteiger partial charge < -0.3 is 10.1 Å². The Kier molecular flexibility index (Phi) is 7.23. The molecule has 4 aromatic rings. The Morgan fingerprint density at radius 1 is 1.06 bits per heavy atom. The number of rotatable bonds is 6. The molecule has 0 saturated heterocycles. The lowest BCUT2D eigenvalue weighted by Crippen LogP contribution is -2.29. The molecule has 2 amide bonds. The molecule has 8 nitrogen and oxygen atoms in total. The van der Waals surface area contributed by atoms with Gasteiger partial charge in [0.2, 0.25) is 11.2 Å². The lowest BCUT2D eigenvalue weighted by molar-refractivity contribution is 0.251. The van der Waals surface area contributed by atoms with Crippen molar-refractivity contribution in [1.82, 2.24) is 25.1 Å². The average molecular weight is 511 g/mol. The number of carbonyl (C=O) groups excluding carboxylic acids is 1. The summed E-state index contributed by atoms with van der Waals surface area (Å²) in [4.78, 5) is 20.7. The highest BCUT2D eigenvalue weighted by Crippen LogP contribution is 2.27. The van der Waals surface area contributed by atoms with E-state index in [0.29, 0.717) is 22.5 Å². The Labute approximate surface area is 213 Å². The van der Waals surface area contributed by atoms with Crippen LogP contribution in [0.3, 0.4) is 0 Å². The van der Waals surface area contributed by atoms with Gasteiger partial charge in [-0.3, -0.25) is 5.32 Å². The van der Waals surface area contributed by atoms with Crippen LogP contribution < -0.4 is 15.4 Å². The number of hydrogen-bond acceptors (Lipinski definition) is 5. The summed E-state index contributed by atoms with van der Waals surface area (Å²) in [5, 5.41) is 11.2. The van der Waals surface area contributed by atoms with Crippen LogP contribution in [0.2, 0.25) is 10.3 Å². The minimum atomic E-state index is -0.388. The standard InChI is InChI=1S/C25H24Cl2N6O2/c1-25(2,3)20-14-21(33(32-20)18-10-8-17(26)9-11-18)30-24(34)29-15-16-6-4-5-7-19(16)35-22-12-13-28-23(27)31-22/h4-14H,15H2,1-3H3,(H2,29,30,34). The number of ether oxygens (including phenoxy) is 1. The van der Waals surface area contributed by atoms with Crippen LogP contribution in [0.15, 0.2) is 66.9 Å². The van der Waals surface area contributed by atoms with Gasteiger partial charge in [0.25, 0.3) is 0 Å². The monoisotopic (exact) mass is 510 g/mol. The van der Waals surface area contributed by atoms with E-state index in [1.54, 1.807) is 28.9 Å². The summed E-state index contributed by atoms with van der Waals surface area (Å²) in [6, 6.07) is 17.7. The summed E-state index contributed by atoms with van der Waals surface area (Å²) in [7, 11) is 0. The zero-order valence-corrected chi connectivity index (χ0v) is 20.9. The van der Waals surface area contributed by atoms with Crippen LogP contribution in [0, 0.1) is 0 Å². The van der Waals surface area contributed by atoms with Crippen LogP contribution in [0.1, 0.15) is 32.0 Å². The smallest absolute Gasteiger partial charge is 0.320 e. The van der Waals surface area contributed by atoms with Crippen LogP contribution >= 0.6 is 23.2 Å². The van der Waals surface area contributed by atoms with Crippen molar-refractivity contribution in [2.24, 2.45) is 0 Å². The number of carbonyl (C=O) groups is 1. The molecular weight excluding hydrogens is 487 g/mol. The van der Waals surface area contributed by atoms with Crippen molar-refractivity contribution in [3.8, 4) is 17.3 Å². The highest BCUT2D eigenvalue weighted by Gasteiger charge is 2.21. The van der Waals surface area contributed by atoms with Crippen LogP contribution in [-0.4, -0.2) is 25.8 Å². The topological polar surface area (TPSA) is 94.0 Å². The molecular formula is C25H24Cl2N6O2. The molecule has 2 heterocycles. The number of aromatic nitrogens is 4. The first-order valence-corrected chi connectivity index (χ1v) is 11.6. The average Bonchev–Trinajstić information content (AvgIpc) is 3.23. The number of hydrogen-bond donors (Lipinski definition) is 2. The molecule has 0 spiro atoms. The molecule has 0 aliphatic carbocycles. The predicted octanol–water partition coefficient (Wildman–Crippen LogP) is 6.38. The van der Waals surface area contributed by atoms with Gasteiger partial charge in [0, 0.05) is 40.9 Å². The maximum absolute atomic E-state index is 12.8. The Morgan fingerprint density at radius 2 is 1.80 bits per heavy atom. The van der Waals surface area contributed by atoms with Gasteiger partial charge in [0.15, 0.2) is 0 Å². The molecule has 0 radical (unpaired) electrons. The second kappa shape index (κ2) is 10.3. The number of para-hydroxylation sites is 1. The number of nitrogens with zero attached hydrogens (tertiary/aromatic N) is 4. The van der Waals surface area contributed by atoms with E-state index in [9.17, 15) is 4.79 Å². The second-order valence-corrected chi connectivity index (χ2v) is 9.51. The molecule has 0 atom stereocenters. The quantitative estimate of drug-likeness (QED) is 0.293. The third-order valence-corrected chi connectivity index (χ3v) is 5.45. The molecule has 10 heteroatoms. The fraction of sp³-hybridized carbons (Fsp3) is 0.200. The summed E-state index contributed by atoms with van der Waals surface area (Å²) >= 11 is 11.9. The van der Waals surface area contributed by atoms with Gasteiger partial charge >= 0.3 is 6.03 Å². The van der Waals surface area contributed by atoms with Crippen molar-refractivity contribution < 1.29 is 9.53 Å². The van der Waals surface area contributed by atoms with Crippen LogP contribution in [0.4, 0.5) is 10.6 Å². The predicted molar refractivity (Wildman–Crippen MR) is 137 cm³/mol. The zero-order valence-electron chi connectivity index (χ0n) is 19.4. The van der Waals surface area contributed by atoms with E-state index in [1.165, 1.54) is 6.20 Å². The lowest BCUT2D eigenvalue weighted by Gasteiger charge is -2.14. The first-order valence-electron chi connectivity index (χ1n) is 10.8. The highest BCUT2D eigenvalue weighted by atomic mass is 35.5. The normalized spacial score (nSPS) is 11.2. The maximum Gasteiger partial charge on any atom is 0.320 e. The maximum atomic E-state index is 12.8. The van der Waals surface area contributed by atoms with Crippen molar-refractivity contribution >= 4 is 35.1 Å². The van der Waals surface area contributed by atoms with Gasteiger partial charge in [-0.25, -0.2) is 14.5 Å². The van der Waals surface area contributed by atoms with E-state index >= 15 is 0 Å². The minimum absolute atomic E-state index is 0.0874. The zero-order chi connectivity index (χ0) is 25.0. The third kappa shape index (κ3) is 6.29. The summed E-state index contributed by atoms with van der Waals surface area (Å²) in [6.07, 6.45) is 1.51. The van der Waals surface area contributed by atoms with E-state index in [0.717, 1.165) is 16.9 Å². The molecule has 35 heavy (non-hydrogen) atoms. The number of anilines is 1. The number of urea groups is 1. The number of nitrogens with one attached hydrogen (secondary N) is 2. The van der Waals surface area contributed by atoms with Crippen molar-refractivity contribution in [2.45, 2.75) is 32.7 Å². The first kappa shape index (κ1) is 24.5. The SMILES string of the molecule is CC(C)(C)c1cc(NC(=O)NCc2ccccc2Oc2ccnc(Cl)n2)n(-c2ccc(Cl)cc2)n1. The molecule has 0 unspecified atom stereocenters. The second-order valence-electron chi connectivity index (χ2n) is 8.73. The number of benzene rings is 2. The highest BCUT2D eigenvalue weighted by molar-refractivity contribution is 6.30. The molecule has 2 N–H and O–H groups in total. The molecule has 0 fully saturated rings. The van der Waals surface area contributed by atoms with Crippen LogP contribution in [0.25, 0.3) is 5.69 Å². The Balaban J connectivity index is 1.50. The summed E-state index contributed by atoms with van der Waals surface area (Å²) in [5.41, 5.74) is 2.18. The fourth-order valence-corrected chi connectivity index (χ4v) is 3.46. The number of amides is 2. The molecule has 2 aromatic carbocycles. The van der Waals surface area contributed by atoms with E-state index < -0.39 is 0 Å². The molecule has 0 aliphatic heterocycles. The molecule has 0 bridgehead atoms. The summed E-state index contributed by atoms with van der Waals surface area (Å²) < 4.78 is 7.52. The number of halogens is 2. The van der Waals surface area contributed by atoms with Gasteiger partial charge in [-0.1, -0.05) is 50.6 Å².